The summed E-state index contributed by atoms with van der Waals surface area (Å²) in [7, 11) is 0. The number of hydrogen-bond donors (Lipinski definition) is 0. The molecule has 4 heterocycles. The van der Waals surface area contributed by atoms with Crippen molar-refractivity contribution in [3.05, 3.63) is 200 Å². The number of para-hydroxylation sites is 1. The van der Waals surface area contributed by atoms with E-state index in [0.717, 1.165) is 77.4 Å². The number of furan rings is 2. The lowest BCUT2D eigenvalue weighted by Crippen LogP contribution is -1.95. The molecule has 0 N–H and O–H groups in total. The fraction of sp³-hybridized carbons (Fsp3) is 0. The molecule has 0 bridgehead atoms. The molecule has 5 nitrogen and oxygen atoms in total. The minimum Gasteiger partial charge on any atom is -0.456 e. The Kier molecular flexibility index (Phi) is 7.05. The third kappa shape index (κ3) is 4.99. The highest BCUT2D eigenvalue weighted by Gasteiger charge is 2.23. The molecule has 0 atom stereocenters. The van der Waals surface area contributed by atoms with Crippen molar-refractivity contribution in [2.75, 3.05) is 0 Å². The van der Waals surface area contributed by atoms with Gasteiger partial charge in [-0.05, 0) is 86.6 Å². The molecular formula is C58H33N3O2. The molecule has 0 aliphatic rings. The van der Waals surface area contributed by atoms with Crippen LogP contribution in [0.3, 0.4) is 0 Å². The van der Waals surface area contributed by atoms with E-state index in [9.17, 15) is 0 Å². The van der Waals surface area contributed by atoms with Gasteiger partial charge in [0.05, 0.1) is 22.1 Å². The molecule has 0 amide bonds. The summed E-state index contributed by atoms with van der Waals surface area (Å²) in [6, 6.07) is 71.1. The number of hydrogen-bond acceptors (Lipinski definition) is 4. The zero-order valence-corrected chi connectivity index (χ0v) is 33.7. The first-order valence-electron chi connectivity index (χ1n) is 21.3. The van der Waals surface area contributed by atoms with Crippen molar-refractivity contribution in [2.24, 2.45) is 0 Å². The zero-order valence-electron chi connectivity index (χ0n) is 33.7. The van der Waals surface area contributed by atoms with E-state index in [2.05, 4.69) is 168 Å². The van der Waals surface area contributed by atoms with E-state index in [-0.39, 0.29) is 0 Å². The molecule has 0 saturated carbocycles. The second kappa shape index (κ2) is 13.0. The summed E-state index contributed by atoms with van der Waals surface area (Å²) in [6.45, 7) is 0. The highest BCUT2D eigenvalue weighted by atomic mass is 16.3. The van der Waals surface area contributed by atoms with Crippen LogP contribution in [0.1, 0.15) is 0 Å². The van der Waals surface area contributed by atoms with Gasteiger partial charge in [0.25, 0.3) is 0 Å². The maximum atomic E-state index is 6.67. The number of benzene rings is 10. The predicted molar refractivity (Wildman–Crippen MR) is 260 cm³/mol. The molecule has 0 spiro atoms. The summed E-state index contributed by atoms with van der Waals surface area (Å²) < 4.78 is 15.4. The Morgan fingerprint density at radius 1 is 0.365 bits per heavy atom. The van der Waals surface area contributed by atoms with Gasteiger partial charge in [-0.25, -0.2) is 4.98 Å². The van der Waals surface area contributed by atoms with Gasteiger partial charge < -0.3 is 13.4 Å². The van der Waals surface area contributed by atoms with E-state index >= 15 is 0 Å². The summed E-state index contributed by atoms with van der Waals surface area (Å²) in [5.74, 6) is 0.589. The normalized spacial score (nSPS) is 12.1. The van der Waals surface area contributed by atoms with Crippen LogP contribution in [0.25, 0.3) is 138 Å². The number of fused-ring (bicyclic) bond motifs is 15. The van der Waals surface area contributed by atoms with Gasteiger partial charge in [0.15, 0.2) is 5.82 Å². The molecule has 5 heteroatoms. The Morgan fingerprint density at radius 3 is 1.89 bits per heavy atom. The maximum Gasteiger partial charge on any atom is 0.231 e. The largest absolute Gasteiger partial charge is 0.456 e. The summed E-state index contributed by atoms with van der Waals surface area (Å²) in [6.07, 6.45) is 0. The molecule has 0 saturated heterocycles. The van der Waals surface area contributed by atoms with Gasteiger partial charge in [-0.15, -0.1) is 0 Å². The molecule has 10 aromatic carbocycles. The van der Waals surface area contributed by atoms with E-state index in [4.69, 9.17) is 18.8 Å². The van der Waals surface area contributed by atoms with Crippen molar-refractivity contribution < 1.29 is 8.83 Å². The van der Waals surface area contributed by atoms with Crippen LogP contribution in [-0.2, 0) is 0 Å². The summed E-state index contributed by atoms with van der Waals surface area (Å²) in [5, 5.41) is 13.7. The van der Waals surface area contributed by atoms with Crippen molar-refractivity contribution in [1.29, 1.82) is 0 Å². The van der Waals surface area contributed by atoms with Crippen LogP contribution in [0.2, 0.25) is 0 Å². The van der Waals surface area contributed by atoms with E-state index in [1.807, 2.05) is 36.4 Å². The predicted octanol–water partition coefficient (Wildman–Crippen LogP) is 15.8. The van der Waals surface area contributed by atoms with E-state index in [1.54, 1.807) is 0 Å². The topological polar surface area (TPSA) is 57.0 Å². The van der Waals surface area contributed by atoms with Gasteiger partial charge in [-0.1, -0.05) is 152 Å². The lowest BCUT2D eigenvalue weighted by molar-refractivity contribution is 0.653. The summed E-state index contributed by atoms with van der Waals surface area (Å²) in [4.78, 5) is 10.5. The van der Waals surface area contributed by atoms with Crippen LogP contribution >= 0.6 is 0 Å². The zero-order chi connectivity index (χ0) is 41.2. The third-order valence-corrected chi connectivity index (χ3v) is 13.0. The standard InChI is InChI=1S/C58H33N3O2/c1-2-14-35(15-3-1)55-54-47-33-38(27-30-50(47)63-58(54)60-57(59-55)45-22-12-24-51-52(45)44-21-10-11-23-49(44)62-51)37-26-29-48-46(32-37)53-42-19-8-6-17-40(42)41-18-7-9-20-43(41)56(53)61(48)39-28-25-34-13-4-5-16-36(34)31-39/h1-33H. The van der Waals surface area contributed by atoms with Crippen LogP contribution < -0.4 is 0 Å². The van der Waals surface area contributed by atoms with Crippen molar-refractivity contribution in [3.63, 3.8) is 0 Å². The first-order valence-corrected chi connectivity index (χ1v) is 21.3. The van der Waals surface area contributed by atoms with Crippen LogP contribution in [0.5, 0.6) is 0 Å². The van der Waals surface area contributed by atoms with Gasteiger partial charge in [0, 0.05) is 49.1 Å². The minimum atomic E-state index is 0.545. The van der Waals surface area contributed by atoms with Crippen molar-refractivity contribution >= 4 is 98.1 Å². The van der Waals surface area contributed by atoms with Gasteiger partial charge in [-0.2, -0.15) is 4.98 Å². The third-order valence-electron chi connectivity index (χ3n) is 13.0. The summed E-state index contributed by atoms with van der Waals surface area (Å²) >= 11 is 0. The monoisotopic (exact) mass is 803 g/mol. The Labute approximate surface area is 359 Å². The van der Waals surface area contributed by atoms with Gasteiger partial charge in [0.2, 0.25) is 5.71 Å². The highest BCUT2D eigenvalue weighted by Crippen LogP contribution is 2.45. The van der Waals surface area contributed by atoms with E-state index in [1.165, 1.54) is 48.6 Å². The van der Waals surface area contributed by atoms with Crippen LogP contribution in [-0.4, -0.2) is 14.5 Å². The molecule has 0 unspecified atom stereocenters. The quantitative estimate of drug-likeness (QED) is 0.166. The highest BCUT2D eigenvalue weighted by molar-refractivity contribution is 6.32. The SMILES string of the molecule is c1ccc(-c2nc(-c3cccc4oc5ccccc5c34)nc3oc4ccc(-c5ccc6c(c5)c5c7ccccc7c7ccccc7c5n6-c5ccc6ccccc6c5)cc4c23)cc1. The van der Waals surface area contributed by atoms with Crippen molar-refractivity contribution in [1.82, 2.24) is 14.5 Å². The Morgan fingerprint density at radius 2 is 1.03 bits per heavy atom. The summed E-state index contributed by atoms with van der Waals surface area (Å²) in [5.41, 5.74) is 11.4. The molecular weight excluding hydrogens is 771 g/mol. The second-order valence-electron chi connectivity index (χ2n) is 16.4. The van der Waals surface area contributed by atoms with Gasteiger partial charge in [0.1, 0.15) is 16.7 Å². The molecule has 0 fully saturated rings. The molecule has 0 aliphatic heterocycles. The Bertz CT molecular complexity index is 4210. The molecule has 292 valence electrons. The average Bonchev–Trinajstić information content (AvgIpc) is 4.03. The van der Waals surface area contributed by atoms with Crippen LogP contribution in [0.15, 0.2) is 209 Å². The Hall–Kier alpha value is -8.54. The first-order chi connectivity index (χ1) is 31.2. The number of rotatable bonds is 4. The molecule has 63 heavy (non-hydrogen) atoms. The van der Waals surface area contributed by atoms with Crippen LogP contribution in [0, 0.1) is 0 Å². The Balaban J connectivity index is 1.02. The van der Waals surface area contributed by atoms with E-state index < -0.39 is 0 Å². The number of nitrogens with zero attached hydrogens (tertiary/aromatic N) is 3. The van der Waals surface area contributed by atoms with Gasteiger partial charge >= 0.3 is 0 Å². The van der Waals surface area contributed by atoms with E-state index in [0.29, 0.717) is 11.5 Å². The molecule has 14 aromatic rings. The maximum absolute atomic E-state index is 6.67. The fourth-order valence-corrected chi connectivity index (χ4v) is 10.2. The molecule has 0 aliphatic carbocycles. The molecule has 0 radical (unpaired) electrons. The van der Waals surface area contributed by atoms with Crippen LogP contribution in [0.4, 0.5) is 0 Å². The fourth-order valence-electron chi connectivity index (χ4n) is 10.2. The number of aromatic nitrogens is 3. The lowest BCUT2D eigenvalue weighted by Gasteiger charge is -2.13. The van der Waals surface area contributed by atoms with Gasteiger partial charge in [-0.3, -0.25) is 0 Å². The average molecular weight is 804 g/mol. The second-order valence-corrected chi connectivity index (χ2v) is 16.4. The smallest absolute Gasteiger partial charge is 0.231 e. The minimum absolute atomic E-state index is 0.545. The van der Waals surface area contributed by atoms with Crippen molar-refractivity contribution in [2.45, 2.75) is 0 Å². The lowest BCUT2D eigenvalue weighted by atomic mass is 9.95. The van der Waals surface area contributed by atoms with Crippen molar-refractivity contribution in [3.8, 4) is 39.5 Å². The molecule has 4 aromatic heterocycles. The molecule has 14 rings (SSSR count). The first kappa shape index (κ1) is 34.2.